The third-order valence-corrected chi connectivity index (χ3v) is 6.26. The Labute approximate surface area is 215 Å². The van der Waals surface area contributed by atoms with E-state index in [9.17, 15) is 14.3 Å². The highest BCUT2D eigenvalue weighted by Crippen LogP contribution is 2.29. The molecule has 1 aromatic heterocycles. The topological polar surface area (TPSA) is 104 Å². The van der Waals surface area contributed by atoms with Gasteiger partial charge in [0.25, 0.3) is 0 Å². The van der Waals surface area contributed by atoms with Gasteiger partial charge in [-0.25, -0.2) is 4.39 Å². The highest BCUT2D eigenvalue weighted by atomic mass is 19.1. The monoisotopic (exact) mass is 502 g/mol. The lowest BCUT2D eigenvalue weighted by molar-refractivity contribution is 0.103. The number of nitrogens with two attached hydrogens (primary N) is 1. The Balaban J connectivity index is 1.46. The summed E-state index contributed by atoms with van der Waals surface area (Å²) in [5.74, 6) is -0.582. The number of hydrogen-bond donors (Lipinski definition) is 3. The molecule has 0 aliphatic heterocycles. The van der Waals surface area contributed by atoms with Crippen molar-refractivity contribution in [2.24, 2.45) is 4.99 Å². The Morgan fingerprint density at radius 3 is 2.62 bits per heavy atom. The summed E-state index contributed by atoms with van der Waals surface area (Å²) in [7, 11) is 0. The summed E-state index contributed by atoms with van der Waals surface area (Å²) in [5, 5.41) is 11.1. The number of aromatic nitrogens is 1. The number of aromatic amines is 1. The molecule has 4 aromatic rings. The summed E-state index contributed by atoms with van der Waals surface area (Å²) in [4.78, 5) is 22.3. The Kier molecular flexibility index (Phi) is 8.20. The Hall–Kier alpha value is -4.17. The van der Waals surface area contributed by atoms with Gasteiger partial charge in [-0.2, -0.15) is 0 Å². The van der Waals surface area contributed by atoms with E-state index in [1.54, 1.807) is 54.6 Å². The molecule has 0 radical (unpaired) electrons. The lowest BCUT2D eigenvalue weighted by Gasteiger charge is -2.17. The van der Waals surface area contributed by atoms with Gasteiger partial charge in [0.2, 0.25) is 0 Å². The number of aromatic hydroxyl groups is 1. The third kappa shape index (κ3) is 6.16. The fourth-order valence-corrected chi connectivity index (χ4v) is 4.16. The van der Waals surface area contributed by atoms with Gasteiger partial charge in [-0.1, -0.05) is 38.1 Å². The standard InChI is InChI=1S/C29H31FN4O3/c1-3-34(4-2)13-6-14-37-27-12-10-22(17-25(27)30)32-18-24-23-11-9-20(16-26(23)33-29(24)36)28(35)19-7-5-8-21(31)15-19/h5,7-12,15-18,33,36H,3-4,6,13-14,31H2,1-2H3. The number of carbonyl (C=O) groups excluding carboxylic acids is 1. The summed E-state index contributed by atoms with van der Waals surface area (Å²) in [6, 6.07) is 16.4. The number of nitrogen functional groups attached to an aromatic ring is 1. The molecule has 0 spiro atoms. The van der Waals surface area contributed by atoms with Crippen LogP contribution in [-0.2, 0) is 0 Å². The number of nitrogens with zero attached hydrogens (tertiary/aromatic N) is 2. The molecule has 3 aromatic carbocycles. The molecule has 4 N–H and O–H groups in total. The van der Waals surface area contributed by atoms with E-state index >= 15 is 0 Å². The fourth-order valence-electron chi connectivity index (χ4n) is 4.16. The molecule has 0 bridgehead atoms. The minimum atomic E-state index is -0.495. The van der Waals surface area contributed by atoms with Crippen molar-refractivity contribution >= 4 is 34.3 Å². The number of anilines is 1. The minimum absolute atomic E-state index is 0.0964. The first-order valence-electron chi connectivity index (χ1n) is 12.3. The molecule has 0 saturated heterocycles. The quantitative estimate of drug-likeness (QED) is 0.106. The predicted molar refractivity (Wildman–Crippen MR) is 146 cm³/mol. The van der Waals surface area contributed by atoms with E-state index in [4.69, 9.17) is 10.5 Å². The maximum absolute atomic E-state index is 14.5. The smallest absolute Gasteiger partial charge is 0.198 e. The van der Waals surface area contributed by atoms with Gasteiger partial charge in [0.1, 0.15) is 0 Å². The molecule has 0 unspecified atom stereocenters. The van der Waals surface area contributed by atoms with Gasteiger partial charge in [-0.3, -0.25) is 9.79 Å². The summed E-state index contributed by atoms with van der Waals surface area (Å²) in [6.07, 6.45) is 2.28. The van der Waals surface area contributed by atoms with Crippen molar-refractivity contribution in [3.05, 3.63) is 83.2 Å². The number of nitrogens with one attached hydrogen (secondary N) is 1. The van der Waals surface area contributed by atoms with Crippen LogP contribution in [0.4, 0.5) is 15.8 Å². The van der Waals surface area contributed by atoms with Crippen LogP contribution in [0.2, 0.25) is 0 Å². The van der Waals surface area contributed by atoms with E-state index in [2.05, 4.69) is 28.7 Å². The summed E-state index contributed by atoms with van der Waals surface area (Å²) in [6.45, 7) is 7.52. The van der Waals surface area contributed by atoms with Crippen LogP contribution < -0.4 is 10.5 Å². The number of halogens is 1. The van der Waals surface area contributed by atoms with E-state index in [1.807, 2.05) is 0 Å². The lowest BCUT2D eigenvalue weighted by atomic mass is 10.0. The Morgan fingerprint density at radius 1 is 1.11 bits per heavy atom. The number of benzene rings is 3. The molecule has 192 valence electrons. The summed E-state index contributed by atoms with van der Waals surface area (Å²) in [5.41, 5.74) is 8.64. The molecule has 7 nitrogen and oxygen atoms in total. The van der Waals surface area contributed by atoms with Crippen molar-refractivity contribution in [3.63, 3.8) is 0 Å². The number of aliphatic imine (C=N–C) groups is 1. The molecule has 1 heterocycles. The number of carbonyl (C=O) groups is 1. The first-order chi connectivity index (χ1) is 17.9. The maximum Gasteiger partial charge on any atom is 0.198 e. The van der Waals surface area contributed by atoms with Crippen molar-refractivity contribution in [2.75, 3.05) is 32.0 Å². The zero-order valence-corrected chi connectivity index (χ0v) is 21.0. The molecule has 0 aliphatic rings. The largest absolute Gasteiger partial charge is 0.494 e. The van der Waals surface area contributed by atoms with E-state index < -0.39 is 5.82 Å². The SMILES string of the molecule is CCN(CC)CCCOc1ccc(N=Cc2c(O)[nH]c3cc(C(=O)c4cccc(N)c4)ccc23)cc1F. The molecule has 0 amide bonds. The van der Waals surface area contributed by atoms with Gasteiger partial charge in [0.05, 0.1) is 17.9 Å². The van der Waals surface area contributed by atoms with Crippen LogP contribution in [0.1, 0.15) is 41.8 Å². The Bertz CT molecular complexity index is 1430. The zero-order valence-electron chi connectivity index (χ0n) is 21.0. The van der Waals surface area contributed by atoms with Gasteiger partial charge >= 0.3 is 0 Å². The van der Waals surface area contributed by atoms with Gasteiger partial charge in [0.15, 0.2) is 23.2 Å². The van der Waals surface area contributed by atoms with Crippen LogP contribution in [0.5, 0.6) is 11.6 Å². The van der Waals surface area contributed by atoms with Crippen LogP contribution in [0.15, 0.2) is 65.7 Å². The van der Waals surface area contributed by atoms with Crippen molar-refractivity contribution < 1.29 is 19.0 Å². The van der Waals surface area contributed by atoms with Crippen molar-refractivity contribution in [3.8, 4) is 11.6 Å². The van der Waals surface area contributed by atoms with Crippen molar-refractivity contribution in [1.82, 2.24) is 9.88 Å². The van der Waals surface area contributed by atoms with E-state index in [-0.39, 0.29) is 17.4 Å². The van der Waals surface area contributed by atoms with Gasteiger partial charge in [-0.15, -0.1) is 0 Å². The number of ether oxygens (including phenoxy) is 1. The number of fused-ring (bicyclic) bond motifs is 1. The van der Waals surface area contributed by atoms with Crippen LogP contribution in [0, 0.1) is 5.82 Å². The molecule has 0 saturated carbocycles. The zero-order chi connectivity index (χ0) is 26.4. The van der Waals surface area contributed by atoms with E-state index in [1.165, 1.54) is 12.3 Å². The summed E-state index contributed by atoms with van der Waals surface area (Å²) < 4.78 is 20.1. The molecule has 4 rings (SSSR count). The Morgan fingerprint density at radius 2 is 1.89 bits per heavy atom. The van der Waals surface area contributed by atoms with Crippen molar-refractivity contribution in [1.29, 1.82) is 0 Å². The molecule has 37 heavy (non-hydrogen) atoms. The fraction of sp³-hybridized carbons (Fsp3) is 0.241. The van der Waals surface area contributed by atoms with Crippen LogP contribution in [0.25, 0.3) is 10.9 Å². The number of ketones is 1. The average molecular weight is 503 g/mol. The lowest BCUT2D eigenvalue weighted by Crippen LogP contribution is -2.25. The molecule has 8 heteroatoms. The van der Waals surface area contributed by atoms with Crippen molar-refractivity contribution in [2.45, 2.75) is 20.3 Å². The second-order valence-corrected chi connectivity index (χ2v) is 8.70. The van der Waals surface area contributed by atoms with Crippen LogP contribution in [-0.4, -0.2) is 53.2 Å². The van der Waals surface area contributed by atoms with E-state index in [0.29, 0.717) is 45.6 Å². The minimum Gasteiger partial charge on any atom is -0.494 e. The second-order valence-electron chi connectivity index (χ2n) is 8.70. The number of rotatable bonds is 11. The van der Waals surface area contributed by atoms with Crippen LogP contribution >= 0.6 is 0 Å². The van der Waals surface area contributed by atoms with Crippen LogP contribution in [0.3, 0.4) is 0 Å². The first kappa shape index (κ1) is 25.9. The highest BCUT2D eigenvalue weighted by molar-refractivity contribution is 6.12. The van der Waals surface area contributed by atoms with Gasteiger partial charge in [0, 0.05) is 46.5 Å². The normalized spacial score (nSPS) is 11.6. The van der Waals surface area contributed by atoms with E-state index in [0.717, 1.165) is 26.1 Å². The molecular weight excluding hydrogens is 471 g/mol. The number of hydrogen-bond acceptors (Lipinski definition) is 6. The third-order valence-electron chi connectivity index (χ3n) is 6.26. The number of H-pyrrole nitrogens is 1. The van der Waals surface area contributed by atoms with Gasteiger partial charge < -0.3 is 25.5 Å². The molecular formula is C29H31FN4O3. The highest BCUT2D eigenvalue weighted by Gasteiger charge is 2.14. The average Bonchev–Trinajstić information content (AvgIpc) is 3.22. The summed E-state index contributed by atoms with van der Waals surface area (Å²) >= 11 is 0. The second kappa shape index (κ2) is 11.7. The molecule has 0 fully saturated rings. The molecule has 0 aliphatic carbocycles. The maximum atomic E-state index is 14.5. The molecule has 0 atom stereocenters. The first-order valence-corrected chi connectivity index (χ1v) is 12.3. The van der Waals surface area contributed by atoms with Gasteiger partial charge in [-0.05, 0) is 49.8 Å². The predicted octanol–water partition coefficient (Wildman–Crippen LogP) is 5.69.